The van der Waals surface area contributed by atoms with E-state index in [4.69, 9.17) is 4.84 Å². The number of benzene rings is 4. The second-order valence-corrected chi connectivity index (χ2v) is 8.41. The van der Waals surface area contributed by atoms with Crippen LogP contribution in [0.25, 0.3) is 10.8 Å². The summed E-state index contributed by atoms with van der Waals surface area (Å²) >= 11 is 3.49. The van der Waals surface area contributed by atoms with Crippen LogP contribution in [0.4, 0.5) is 11.4 Å². The molecular formula is C25H16BrN3O2. The first kappa shape index (κ1) is 18.2. The smallest absolute Gasteiger partial charge is 0.322 e. The zero-order valence-electron chi connectivity index (χ0n) is 16.2. The normalized spacial score (nSPS) is 19.3. The van der Waals surface area contributed by atoms with E-state index in [-0.39, 0.29) is 5.91 Å². The Kier molecular flexibility index (Phi) is 3.91. The van der Waals surface area contributed by atoms with E-state index in [0.29, 0.717) is 5.84 Å². The largest absolute Gasteiger partial charge is 0.349 e. The number of anilines is 2. The van der Waals surface area contributed by atoms with Crippen molar-refractivity contribution in [2.75, 3.05) is 10.2 Å². The molecule has 0 saturated carbocycles. The third-order valence-corrected chi connectivity index (χ3v) is 6.28. The van der Waals surface area contributed by atoms with E-state index in [0.717, 1.165) is 37.7 Å². The molecule has 1 amide bonds. The number of carbonyl (C=O) groups excluding carboxylic acids is 1. The van der Waals surface area contributed by atoms with Gasteiger partial charge >= 0.3 is 5.72 Å². The predicted molar refractivity (Wildman–Crippen MR) is 125 cm³/mol. The second-order valence-electron chi connectivity index (χ2n) is 7.49. The van der Waals surface area contributed by atoms with E-state index in [1.165, 1.54) is 0 Å². The number of halogens is 1. The molecule has 0 bridgehead atoms. The monoisotopic (exact) mass is 469 g/mol. The highest BCUT2D eigenvalue weighted by atomic mass is 79.9. The minimum atomic E-state index is -1.41. The van der Waals surface area contributed by atoms with Crippen LogP contribution in [-0.4, -0.2) is 11.7 Å². The van der Waals surface area contributed by atoms with Crippen LogP contribution in [-0.2, 0) is 15.4 Å². The number of oxime groups is 1. The molecule has 0 aliphatic carbocycles. The zero-order valence-corrected chi connectivity index (χ0v) is 17.8. The number of amides is 1. The number of fused-ring (bicyclic) bond motifs is 3. The molecule has 0 fully saturated rings. The minimum absolute atomic E-state index is 0.266. The lowest BCUT2D eigenvalue weighted by Crippen LogP contribution is -2.51. The van der Waals surface area contributed by atoms with Crippen LogP contribution in [0.1, 0.15) is 11.1 Å². The number of nitrogens with zero attached hydrogens (tertiary/aromatic N) is 2. The van der Waals surface area contributed by atoms with Crippen molar-refractivity contribution in [3.05, 3.63) is 107 Å². The molecule has 2 aliphatic rings. The summed E-state index contributed by atoms with van der Waals surface area (Å²) < 4.78 is 0.964. The van der Waals surface area contributed by atoms with E-state index in [1.54, 1.807) is 0 Å². The van der Waals surface area contributed by atoms with E-state index >= 15 is 0 Å². The Hall–Kier alpha value is -3.64. The van der Waals surface area contributed by atoms with Crippen molar-refractivity contribution in [3.8, 4) is 0 Å². The molecule has 2 aliphatic heterocycles. The maximum absolute atomic E-state index is 13.4. The van der Waals surface area contributed by atoms with Crippen LogP contribution in [0.2, 0.25) is 0 Å². The fourth-order valence-corrected chi connectivity index (χ4v) is 4.60. The second kappa shape index (κ2) is 6.68. The maximum Gasteiger partial charge on any atom is 0.322 e. The molecule has 5 nitrogen and oxygen atoms in total. The molecule has 1 N–H and O–H groups in total. The van der Waals surface area contributed by atoms with Crippen molar-refractivity contribution in [1.29, 1.82) is 0 Å². The summed E-state index contributed by atoms with van der Waals surface area (Å²) in [6, 6.07) is 29.6. The average molecular weight is 470 g/mol. The lowest BCUT2D eigenvalue weighted by Gasteiger charge is -2.33. The Balaban J connectivity index is 1.64. The Morgan fingerprint density at radius 1 is 0.871 bits per heavy atom. The van der Waals surface area contributed by atoms with Gasteiger partial charge < -0.3 is 10.2 Å². The highest BCUT2D eigenvalue weighted by molar-refractivity contribution is 9.10. The average Bonchev–Trinajstić information content (AvgIpc) is 3.33. The van der Waals surface area contributed by atoms with Crippen LogP contribution >= 0.6 is 15.9 Å². The standard InChI is InChI=1S/C25H16BrN3O2/c26-18-14-12-17(13-15-18)23-28-31-25(20-9-3-4-10-21(20)27-24(25)30)29(23)22-11-5-7-16-6-1-2-8-19(16)22/h1-15H,(H,27,30). The van der Waals surface area contributed by atoms with Crippen LogP contribution in [0.15, 0.2) is 101 Å². The van der Waals surface area contributed by atoms with Crippen LogP contribution < -0.4 is 10.2 Å². The Bertz CT molecular complexity index is 1380. The van der Waals surface area contributed by atoms with Gasteiger partial charge in [0.25, 0.3) is 5.91 Å². The lowest BCUT2D eigenvalue weighted by atomic mass is 9.98. The Labute approximate surface area is 187 Å². The van der Waals surface area contributed by atoms with Gasteiger partial charge in [0.2, 0.25) is 0 Å². The van der Waals surface area contributed by atoms with E-state index in [1.807, 2.05) is 77.7 Å². The first-order valence-electron chi connectivity index (χ1n) is 9.89. The summed E-state index contributed by atoms with van der Waals surface area (Å²) in [6.07, 6.45) is 0. The summed E-state index contributed by atoms with van der Waals surface area (Å²) in [6.45, 7) is 0. The Morgan fingerprint density at radius 2 is 1.61 bits per heavy atom. The summed E-state index contributed by atoms with van der Waals surface area (Å²) in [4.78, 5) is 21.4. The van der Waals surface area contributed by atoms with E-state index in [9.17, 15) is 4.79 Å². The summed E-state index contributed by atoms with van der Waals surface area (Å²) in [5.74, 6) is 0.313. The van der Waals surface area contributed by atoms with Gasteiger partial charge in [-0.15, -0.1) is 0 Å². The zero-order chi connectivity index (χ0) is 21.0. The molecule has 31 heavy (non-hydrogen) atoms. The quantitative estimate of drug-likeness (QED) is 0.415. The van der Waals surface area contributed by atoms with Gasteiger partial charge in [-0.05, 0) is 29.7 Å². The molecule has 6 rings (SSSR count). The molecule has 150 valence electrons. The van der Waals surface area contributed by atoms with Crippen molar-refractivity contribution in [3.63, 3.8) is 0 Å². The topological polar surface area (TPSA) is 53.9 Å². The van der Waals surface area contributed by atoms with Crippen molar-refractivity contribution >= 4 is 49.8 Å². The van der Waals surface area contributed by atoms with Crippen molar-refractivity contribution in [1.82, 2.24) is 0 Å². The van der Waals surface area contributed by atoms with E-state index in [2.05, 4.69) is 44.6 Å². The van der Waals surface area contributed by atoms with Gasteiger partial charge in [-0.2, -0.15) is 0 Å². The van der Waals surface area contributed by atoms with Crippen molar-refractivity contribution < 1.29 is 9.63 Å². The number of carbonyl (C=O) groups is 1. The number of hydrogen-bond donors (Lipinski definition) is 1. The number of para-hydroxylation sites is 1. The minimum Gasteiger partial charge on any atom is -0.349 e. The third kappa shape index (κ3) is 2.55. The molecule has 0 aromatic heterocycles. The van der Waals surface area contributed by atoms with Gasteiger partial charge in [0.15, 0.2) is 5.84 Å². The molecular weight excluding hydrogens is 454 g/mol. The highest BCUT2D eigenvalue weighted by Crippen LogP contribution is 2.48. The fraction of sp³-hybridized carbons (Fsp3) is 0.0400. The summed E-state index contributed by atoms with van der Waals surface area (Å²) in [5, 5.41) is 9.51. The molecule has 1 unspecified atom stereocenters. The molecule has 0 radical (unpaired) electrons. The van der Waals surface area contributed by atoms with Gasteiger partial charge in [-0.25, -0.2) is 0 Å². The summed E-state index contributed by atoms with van der Waals surface area (Å²) in [5.41, 5.74) is 1.76. The van der Waals surface area contributed by atoms with Gasteiger partial charge in [0.05, 0.1) is 16.9 Å². The highest BCUT2D eigenvalue weighted by Gasteiger charge is 2.60. The molecule has 4 aromatic rings. The number of rotatable bonds is 2. The third-order valence-electron chi connectivity index (χ3n) is 5.75. The maximum atomic E-state index is 13.4. The number of nitrogens with one attached hydrogen (secondary N) is 1. The first-order chi connectivity index (χ1) is 15.2. The molecule has 1 atom stereocenters. The van der Waals surface area contributed by atoms with Gasteiger partial charge in [-0.3, -0.25) is 9.69 Å². The van der Waals surface area contributed by atoms with Gasteiger partial charge in [0.1, 0.15) is 0 Å². The molecule has 4 aromatic carbocycles. The van der Waals surface area contributed by atoms with Gasteiger partial charge in [-0.1, -0.05) is 87.8 Å². The first-order valence-corrected chi connectivity index (χ1v) is 10.7. The van der Waals surface area contributed by atoms with E-state index < -0.39 is 5.72 Å². The fourth-order valence-electron chi connectivity index (χ4n) is 4.34. The van der Waals surface area contributed by atoms with Crippen LogP contribution in [0.5, 0.6) is 0 Å². The predicted octanol–water partition coefficient (Wildman–Crippen LogP) is 5.61. The molecule has 0 saturated heterocycles. The SMILES string of the molecule is O=C1Nc2ccccc2C12ON=C(c1ccc(Br)cc1)N2c1cccc2ccccc12. The van der Waals surface area contributed by atoms with Crippen molar-refractivity contribution in [2.45, 2.75) is 5.72 Å². The summed E-state index contributed by atoms with van der Waals surface area (Å²) in [7, 11) is 0. The molecule has 6 heteroatoms. The van der Waals surface area contributed by atoms with Crippen LogP contribution in [0.3, 0.4) is 0 Å². The number of hydrogen-bond acceptors (Lipinski definition) is 4. The Morgan fingerprint density at radius 3 is 2.48 bits per heavy atom. The lowest BCUT2D eigenvalue weighted by molar-refractivity contribution is -0.137. The van der Waals surface area contributed by atoms with Crippen molar-refractivity contribution in [2.24, 2.45) is 5.16 Å². The molecule has 1 spiro atoms. The van der Waals surface area contributed by atoms with Gasteiger partial charge in [0, 0.05) is 15.4 Å². The van der Waals surface area contributed by atoms with Crippen LogP contribution in [0, 0.1) is 0 Å². The molecule has 2 heterocycles. The number of amidine groups is 1.